The molecule has 0 radical (unpaired) electrons. The predicted octanol–water partition coefficient (Wildman–Crippen LogP) is 8.74. The highest BCUT2D eigenvalue weighted by molar-refractivity contribution is 4.66. The van der Waals surface area contributed by atoms with E-state index < -0.39 is 0 Å². The number of hydrogen-bond acceptors (Lipinski definition) is 0. The predicted molar refractivity (Wildman–Crippen MR) is 108 cm³/mol. The molecule has 1 saturated carbocycles. The lowest BCUT2D eigenvalue weighted by molar-refractivity contribution is 0.289. The van der Waals surface area contributed by atoms with Crippen molar-refractivity contribution < 1.29 is 0 Å². The molecule has 0 aromatic rings. The highest BCUT2D eigenvalue weighted by Crippen LogP contribution is 2.28. The Morgan fingerprint density at radius 1 is 0.864 bits per heavy atom. The highest BCUT2D eigenvalue weighted by atomic mass is 14.2. The Bertz CT molecular complexity index is 176. The van der Waals surface area contributed by atoms with Crippen molar-refractivity contribution in [3.05, 3.63) is 0 Å². The minimum absolute atomic E-state index is 0. The molecule has 1 aliphatic rings. The van der Waals surface area contributed by atoms with E-state index in [1.807, 2.05) is 0 Å². The summed E-state index contributed by atoms with van der Waals surface area (Å²) in [6.07, 6.45) is 13.0. The molecule has 1 rings (SSSR count). The van der Waals surface area contributed by atoms with Crippen molar-refractivity contribution in [2.45, 2.75) is 121 Å². The van der Waals surface area contributed by atoms with Gasteiger partial charge >= 0.3 is 0 Å². The molecular weight excluding hydrogens is 264 g/mol. The minimum atomic E-state index is 0. The molecule has 138 valence electrons. The molecule has 0 spiro atoms. The maximum absolute atomic E-state index is 2.35. The van der Waals surface area contributed by atoms with Crippen LogP contribution in [0.4, 0.5) is 0 Å². The summed E-state index contributed by atoms with van der Waals surface area (Å²) in [6, 6.07) is 0. The second-order valence-electron chi connectivity index (χ2n) is 7.49. The minimum Gasteiger partial charge on any atom is -0.0776 e. The summed E-state index contributed by atoms with van der Waals surface area (Å²) in [5, 5.41) is 0. The standard InChI is InChI=1S/C9H18.C9H20.C3H8.CH4/c1-2-3-6-9-7-4-5-8-9;1-6-8(4)9(5)7(2)3;1-3-2;/h9H,2-8H2,1H3;7-9H,6H2,1-5H3;3H2,1-2H3;1H4. The van der Waals surface area contributed by atoms with Crippen molar-refractivity contribution >= 4 is 0 Å². The van der Waals surface area contributed by atoms with Crippen LogP contribution in [0.2, 0.25) is 0 Å². The Morgan fingerprint density at radius 2 is 1.32 bits per heavy atom. The van der Waals surface area contributed by atoms with E-state index in [9.17, 15) is 0 Å². The van der Waals surface area contributed by atoms with E-state index in [4.69, 9.17) is 0 Å². The summed E-state index contributed by atoms with van der Waals surface area (Å²) in [4.78, 5) is 0. The third kappa shape index (κ3) is 16.4. The van der Waals surface area contributed by atoms with Gasteiger partial charge in [-0.3, -0.25) is 0 Å². The van der Waals surface area contributed by atoms with Crippen LogP contribution in [-0.2, 0) is 0 Å². The van der Waals surface area contributed by atoms with Crippen LogP contribution in [0.15, 0.2) is 0 Å². The van der Waals surface area contributed by atoms with Gasteiger partial charge in [0, 0.05) is 0 Å². The zero-order valence-electron chi connectivity index (χ0n) is 16.7. The molecule has 0 heterocycles. The fourth-order valence-electron chi connectivity index (χ4n) is 2.82. The Balaban J connectivity index is -0.000000268. The monoisotopic (exact) mass is 314 g/mol. The number of unbranched alkanes of at least 4 members (excludes halogenated alkanes) is 1. The molecule has 0 aromatic heterocycles. The van der Waals surface area contributed by atoms with Gasteiger partial charge in [-0.05, 0) is 23.7 Å². The first-order valence-electron chi connectivity index (χ1n) is 9.94. The second kappa shape index (κ2) is 19.0. The average molecular weight is 315 g/mol. The molecule has 1 aliphatic carbocycles. The quantitative estimate of drug-likeness (QED) is 0.459. The molecular formula is C22H50. The van der Waals surface area contributed by atoms with Crippen LogP contribution in [-0.4, -0.2) is 0 Å². The van der Waals surface area contributed by atoms with Crippen LogP contribution in [0.1, 0.15) is 121 Å². The van der Waals surface area contributed by atoms with E-state index in [1.165, 1.54) is 57.8 Å². The zero-order valence-corrected chi connectivity index (χ0v) is 16.7. The summed E-state index contributed by atoms with van der Waals surface area (Å²) in [5.41, 5.74) is 0. The Morgan fingerprint density at radius 3 is 1.59 bits per heavy atom. The van der Waals surface area contributed by atoms with Crippen molar-refractivity contribution in [3.63, 3.8) is 0 Å². The molecule has 22 heavy (non-hydrogen) atoms. The first-order chi connectivity index (χ1) is 9.94. The van der Waals surface area contributed by atoms with Crippen molar-refractivity contribution in [1.82, 2.24) is 0 Å². The largest absolute Gasteiger partial charge is 0.0776 e. The average Bonchev–Trinajstić information content (AvgIpc) is 2.98. The van der Waals surface area contributed by atoms with Gasteiger partial charge in [-0.1, -0.05) is 121 Å². The van der Waals surface area contributed by atoms with Crippen LogP contribution in [0.25, 0.3) is 0 Å². The van der Waals surface area contributed by atoms with Gasteiger partial charge in [0.05, 0.1) is 0 Å². The lowest BCUT2D eigenvalue weighted by atomic mass is 9.85. The van der Waals surface area contributed by atoms with Crippen LogP contribution < -0.4 is 0 Å². The molecule has 0 aliphatic heterocycles. The summed E-state index contributed by atoms with van der Waals surface area (Å²) >= 11 is 0. The van der Waals surface area contributed by atoms with Gasteiger partial charge in [0.25, 0.3) is 0 Å². The van der Waals surface area contributed by atoms with Gasteiger partial charge in [0.15, 0.2) is 0 Å². The Kier molecular flexibility index (Phi) is 23.3. The molecule has 0 aromatic carbocycles. The highest BCUT2D eigenvalue weighted by Gasteiger charge is 2.13. The normalized spacial score (nSPS) is 16.8. The molecule has 2 atom stereocenters. The fourth-order valence-corrected chi connectivity index (χ4v) is 2.82. The van der Waals surface area contributed by atoms with Crippen molar-refractivity contribution in [1.29, 1.82) is 0 Å². The summed E-state index contributed by atoms with van der Waals surface area (Å²) in [5.74, 6) is 3.74. The van der Waals surface area contributed by atoms with Crippen molar-refractivity contribution in [3.8, 4) is 0 Å². The van der Waals surface area contributed by atoms with E-state index in [0.717, 1.165) is 23.7 Å². The Hall–Kier alpha value is 0. The van der Waals surface area contributed by atoms with E-state index in [2.05, 4.69) is 55.4 Å². The Labute approximate surface area is 144 Å². The molecule has 0 saturated heterocycles. The first-order valence-corrected chi connectivity index (χ1v) is 9.94. The van der Waals surface area contributed by atoms with E-state index in [1.54, 1.807) is 0 Å². The fraction of sp³-hybridized carbons (Fsp3) is 1.00. The second-order valence-corrected chi connectivity index (χ2v) is 7.49. The summed E-state index contributed by atoms with van der Waals surface area (Å²) in [7, 11) is 0. The SMILES string of the molecule is C.CCC.CCC(C)C(C)C(C)C.CCCCC1CCCC1. The van der Waals surface area contributed by atoms with Gasteiger partial charge in [-0.25, -0.2) is 0 Å². The van der Waals surface area contributed by atoms with Crippen molar-refractivity contribution in [2.75, 3.05) is 0 Å². The van der Waals surface area contributed by atoms with Crippen LogP contribution >= 0.6 is 0 Å². The first kappa shape index (κ1) is 26.9. The third-order valence-corrected chi connectivity index (χ3v) is 5.03. The lowest BCUT2D eigenvalue weighted by Gasteiger charge is -2.21. The van der Waals surface area contributed by atoms with Gasteiger partial charge < -0.3 is 0 Å². The van der Waals surface area contributed by atoms with Gasteiger partial charge in [-0.15, -0.1) is 0 Å². The van der Waals surface area contributed by atoms with Crippen LogP contribution in [0, 0.1) is 23.7 Å². The lowest BCUT2D eigenvalue weighted by Crippen LogP contribution is -2.12. The van der Waals surface area contributed by atoms with Gasteiger partial charge in [-0.2, -0.15) is 0 Å². The molecule has 2 unspecified atom stereocenters. The molecule has 0 nitrogen and oxygen atoms in total. The maximum atomic E-state index is 2.35. The van der Waals surface area contributed by atoms with E-state index in [-0.39, 0.29) is 7.43 Å². The van der Waals surface area contributed by atoms with Crippen LogP contribution in [0.5, 0.6) is 0 Å². The van der Waals surface area contributed by atoms with Gasteiger partial charge in [0.1, 0.15) is 0 Å². The van der Waals surface area contributed by atoms with E-state index >= 15 is 0 Å². The molecule has 0 amide bonds. The zero-order chi connectivity index (χ0) is 16.7. The third-order valence-electron chi connectivity index (χ3n) is 5.03. The van der Waals surface area contributed by atoms with Crippen LogP contribution in [0.3, 0.4) is 0 Å². The van der Waals surface area contributed by atoms with Gasteiger partial charge in [0.2, 0.25) is 0 Å². The topological polar surface area (TPSA) is 0 Å². The van der Waals surface area contributed by atoms with E-state index in [0.29, 0.717) is 0 Å². The molecule has 0 heteroatoms. The number of hydrogen-bond donors (Lipinski definition) is 0. The maximum Gasteiger partial charge on any atom is -0.0394 e. The molecule has 0 bridgehead atoms. The number of rotatable bonds is 6. The molecule has 1 fully saturated rings. The summed E-state index contributed by atoms with van der Waals surface area (Å²) < 4.78 is 0. The smallest absolute Gasteiger partial charge is 0.0394 e. The molecule has 0 N–H and O–H groups in total. The summed E-state index contributed by atoms with van der Waals surface area (Å²) in [6.45, 7) is 18.1. The van der Waals surface area contributed by atoms with Crippen molar-refractivity contribution in [2.24, 2.45) is 23.7 Å².